The van der Waals surface area contributed by atoms with Gasteiger partial charge in [0.05, 0.1) is 12.9 Å². The molecule has 1 fully saturated rings. The van der Waals surface area contributed by atoms with Crippen LogP contribution in [0.5, 0.6) is 5.75 Å². The van der Waals surface area contributed by atoms with Crippen LogP contribution in [0, 0.1) is 18.4 Å². The average Bonchev–Trinajstić information content (AvgIpc) is 4.08. The standard InChI is InChI=1S/C63H96FN6O8P/c1-4-7-9-11-13-15-17-19-21-22-23-24-26-28-30-32-40-46-57(71)76-55-49-56(70-51-66-58-59(65)67-62(64)68-60(58)70)77-63(55,6-3)50-75-79(73,78-53-44-38-35-39-45-53)69-54(48-52-42-36-34-37-43-52)61(72)74-47-41-33-31-29-27-25-20-18-16-14-12-10-8-5-2/h3,34-39,42-45,51,54-56H,4-5,7-33,40-41,46-50H2,1-2H3,(H,69,73)(H2,65,67,68)/t54-,55-,56+,63+,79?/m0/s1. The zero-order chi connectivity index (χ0) is 56.2. The van der Waals surface area contributed by atoms with E-state index < -0.39 is 56.3 Å². The summed E-state index contributed by atoms with van der Waals surface area (Å²) in [5.74, 6) is 1.56. The van der Waals surface area contributed by atoms with Crippen molar-refractivity contribution >= 4 is 36.7 Å². The van der Waals surface area contributed by atoms with Gasteiger partial charge in [-0.05, 0) is 37.0 Å². The molecule has 0 amide bonds. The Morgan fingerprint density at radius 2 is 1.24 bits per heavy atom. The van der Waals surface area contributed by atoms with Crippen molar-refractivity contribution in [1.82, 2.24) is 24.6 Å². The van der Waals surface area contributed by atoms with Crippen LogP contribution in [0.2, 0.25) is 0 Å². The molecule has 14 nitrogen and oxygen atoms in total. The lowest BCUT2D eigenvalue weighted by Gasteiger charge is -2.31. The third-order valence-corrected chi connectivity index (χ3v) is 16.6. The molecule has 1 saturated heterocycles. The third-order valence-electron chi connectivity index (χ3n) is 15.1. The minimum absolute atomic E-state index is 0.0329. The summed E-state index contributed by atoms with van der Waals surface area (Å²) in [5, 5.41) is 2.92. The molecule has 438 valence electrons. The predicted molar refractivity (Wildman–Crippen MR) is 314 cm³/mol. The Kier molecular flexibility index (Phi) is 31.2. The number of nitrogens with zero attached hydrogens (tertiary/aromatic N) is 4. The minimum Gasteiger partial charge on any atom is -0.465 e. The minimum atomic E-state index is -4.59. The average molecular weight is 1120 g/mol. The highest BCUT2D eigenvalue weighted by atomic mass is 31.2. The van der Waals surface area contributed by atoms with Crippen molar-refractivity contribution in [2.75, 3.05) is 18.9 Å². The lowest BCUT2D eigenvalue weighted by Crippen LogP contribution is -2.46. The number of imidazole rings is 1. The summed E-state index contributed by atoms with van der Waals surface area (Å²) in [7, 11) is -4.59. The number of ether oxygens (including phenoxy) is 3. The van der Waals surface area contributed by atoms with Gasteiger partial charge in [0.1, 0.15) is 30.7 Å². The number of nitrogens with one attached hydrogen (secondary N) is 1. The Labute approximate surface area is 473 Å². The van der Waals surface area contributed by atoms with E-state index in [1.165, 1.54) is 159 Å². The van der Waals surface area contributed by atoms with E-state index in [9.17, 15) is 14.0 Å². The van der Waals surface area contributed by atoms with Gasteiger partial charge in [0, 0.05) is 12.8 Å². The molecule has 5 atom stereocenters. The first kappa shape index (κ1) is 64.9. The first-order valence-electron chi connectivity index (χ1n) is 30.6. The van der Waals surface area contributed by atoms with Crippen LogP contribution < -0.4 is 15.3 Å². The molecular weight excluding hydrogens is 1020 g/mol. The number of nitrogens with two attached hydrogens (primary N) is 1. The SMILES string of the molecule is C#C[C@]1(COP(=O)(N[C@@H](Cc2ccccc2)C(=O)OCCCCCCCCCCCCCCCC)Oc2ccccc2)O[C@@H](n2cnc3c(N)nc(F)nc32)C[C@@H]1OC(=O)CCCCCCCCCCCCCCCCCCC. The zero-order valence-corrected chi connectivity index (χ0v) is 49.0. The van der Waals surface area contributed by atoms with Crippen LogP contribution in [-0.2, 0) is 39.3 Å². The molecule has 79 heavy (non-hydrogen) atoms. The van der Waals surface area contributed by atoms with Gasteiger partial charge < -0.3 is 24.5 Å². The first-order chi connectivity index (χ1) is 38.6. The van der Waals surface area contributed by atoms with Gasteiger partial charge in [0.15, 0.2) is 22.6 Å². The van der Waals surface area contributed by atoms with Crippen molar-refractivity contribution in [3.8, 4) is 18.1 Å². The maximum Gasteiger partial charge on any atom is 0.459 e. The number of fused-ring (bicyclic) bond motifs is 1. The van der Waals surface area contributed by atoms with Gasteiger partial charge in [-0.1, -0.05) is 255 Å². The van der Waals surface area contributed by atoms with E-state index in [0.717, 1.165) is 44.1 Å². The van der Waals surface area contributed by atoms with Crippen LogP contribution in [0.4, 0.5) is 10.2 Å². The number of carbonyl (C=O) groups excluding carboxylic acids is 2. The Hall–Kier alpha value is -4.87. The van der Waals surface area contributed by atoms with Gasteiger partial charge in [0.2, 0.25) is 0 Å². The number of esters is 2. The molecule has 1 aliphatic heterocycles. The number of unbranched alkanes of at least 4 members (excludes halogenated alkanes) is 29. The fourth-order valence-electron chi connectivity index (χ4n) is 10.4. The van der Waals surface area contributed by atoms with E-state index in [-0.39, 0.29) is 48.6 Å². The van der Waals surface area contributed by atoms with Crippen LogP contribution in [0.15, 0.2) is 67.0 Å². The molecule has 1 aliphatic rings. The lowest BCUT2D eigenvalue weighted by atomic mass is 9.98. The van der Waals surface area contributed by atoms with Crippen LogP contribution in [0.25, 0.3) is 11.2 Å². The predicted octanol–water partition coefficient (Wildman–Crippen LogP) is 16.2. The second-order valence-electron chi connectivity index (χ2n) is 21.7. The van der Waals surface area contributed by atoms with Crippen LogP contribution in [0.1, 0.15) is 238 Å². The number of anilines is 1. The number of hydrogen-bond acceptors (Lipinski definition) is 12. The molecule has 0 bridgehead atoms. The second-order valence-corrected chi connectivity index (χ2v) is 23.4. The van der Waals surface area contributed by atoms with Gasteiger partial charge in [-0.2, -0.15) is 19.4 Å². The quantitative estimate of drug-likeness (QED) is 0.0141. The number of rotatable bonds is 45. The molecule has 2 aromatic carbocycles. The summed E-state index contributed by atoms with van der Waals surface area (Å²) in [4.78, 5) is 39.6. The molecule has 0 spiro atoms. The normalized spacial score (nSPS) is 17.3. The Balaban J connectivity index is 1.20. The van der Waals surface area contributed by atoms with Crippen molar-refractivity contribution in [2.45, 2.75) is 256 Å². The van der Waals surface area contributed by atoms with Crippen molar-refractivity contribution < 1.29 is 41.8 Å². The third kappa shape index (κ3) is 24.4. The van der Waals surface area contributed by atoms with E-state index in [1.54, 1.807) is 30.3 Å². The summed E-state index contributed by atoms with van der Waals surface area (Å²) in [6.45, 7) is 4.08. The summed E-state index contributed by atoms with van der Waals surface area (Å²) >= 11 is 0. The fraction of sp³-hybridized carbons (Fsp3) is 0.667. The molecule has 1 unspecified atom stereocenters. The molecule has 3 heterocycles. The summed E-state index contributed by atoms with van der Waals surface area (Å²) in [6, 6.07) is 16.5. The first-order valence-corrected chi connectivity index (χ1v) is 32.1. The van der Waals surface area contributed by atoms with E-state index in [2.05, 4.69) is 39.8 Å². The van der Waals surface area contributed by atoms with Crippen LogP contribution >= 0.6 is 7.75 Å². The van der Waals surface area contributed by atoms with Crippen LogP contribution in [0.3, 0.4) is 0 Å². The van der Waals surface area contributed by atoms with Gasteiger partial charge in [0.25, 0.3) is 0 Å². The summed E-state index contributed by atoms with van der Waals surface area (Å²) < 4.78 is 62.4. The lowest BCUT2D eigenvalue weighted by molar-refractivity contribution is -0.158. The van der Waals surface area contributed by atoms with Gasteiger partial charge >= 0.3 is 25.8 Å². The Morgan fingerprint density at radius 1 is 0.747 bits per heavy atom. The van der Waals surface area contributed by atoms with Gasteiger partial charge in [-0.25, -0.2) is 9.55 Å². The topological polar surface area (TPSA) is 179 Å². The molecule has 0 aliphatic carbocycles. The van der Waals surface area contributed by atoms with Crippen molar-refractivity contribution in [1.29, 1.82) is 0 Å². The number of halogens is 1. The molecule has 2 aromatic heterocycles. The number of terminal acetylenes is 1. The molecule has 3 N–H and O–H groups in total. The zero-order valence-electron chi connectivity index (χ0n) is 48.1. The largest absolute Gasteiger partial charge is 0.465 e. The molecular formula is C63H96FN6O8P. The summed E-state index contributed by atoms with van der Waals surface area (Å²) in [6.07, 6.45) is 42.3. The highest BCUT2D eigenvalue weighted by Crippen LogP contribution is 2.49. The Morgan fingerprint density at radius 3 is 1.76 bits per heavy atom. The number of para-hydroxylation sites is 1. The van der Waals surface area contributed by atoms with Crippen molar-refractivity contribution in [3.05, 3.63) is 78.6 Å². The number of hydrogen-bond donors (Lipinski definition) is 2. The van der Waals surface area contributed by atoms with E-state index in [0.29, 0.717) is 12.8 Å². The monoisotopic (exact) mass is 1110 g/mol. The molecule has 0 saturated carbocycles. The van der Waals surface area contributed by atoms with Crippen LogP contribution in [-0.4, -0.2) is 62.4 Å². The number of benzene rings is 2. The Bertz CT molecular complexity index is 2390. The van der Waals surface area contributed by atoms with E-state index in [4.69, 9.17) is 35.4 Å². The number of aromatic nitrogens is 4. The molecule has 4 aromatic rings. The maximum absolute atomic E-state index is 15.3. The molecule has 16 heteroatoms. The van der Waals surface area contributed by atoms with Crippen molar-refractivity contribution in [2.24, 2.45) is 0 Å². The number of nitrogen functional groups attached to an aromatic ring is 1. The molecule has 0 radical (unpaired) electrons. The second kappa shape index (κ2) is 37.9. The van der Waals surface area contributed by atoms with E-state index in [1.807, 2.05) is 30.3 Å². The molecule has 5 rings (SSSR count). The highest BCUT2D eigenvalue weighted by molar-refractivity contribution is 7.52. The van der Waals surface area contributed by atoms with Gasteiger partial charge in [-0.15, -0.1) is 6.42 Å². The number of carbonyl (C=O) groups is 2. The smallest absolute Gasteiger partial charge is 0.459 e. The fourth-order valence-corrected chi connectivity index (χ4v) is 11.9. The summed E-state index contributed by atoms with van der Waals surface area (Å²) in [5.41, 5.74) is 5.09. The van der Waals surface area contributed by atoms with Crippen molar-refractivity contribution in [3.63, 3.8) is 0 Å². The maximum atomic E-state index is 15.3. The van der Waals surface area contributed by atoms with E-state index >= 15 is 4.57 Å². The highest BCUT2D eigenvalue weighted by Gasteiger charge is 2.53. The van der Waals surface area contributed by atoms with Gasteiger partial charge in [-0.3, -0.25) is 18.7 Å².